The molecule has 1 amide bonds. The fourth-order valence-corrected chi connectivity index (χ4v) is 1.30. The summed E-state index contributed by atoms with van der Waals surface area (Å²) in [6.45, 7) is 4.13. The third-order valence-electron chi connectivity index (χ3n) is 2.27. The average molecular weight is 214 g/mol. The Morgan fingerprint density at radius 1 is 1.50 bits per heavy atom. The zero-order valence-corrected chi connectivity index (χ0v) is 9.31. The number of carbonyl (C=O) groups excluding carboxylic acids is 1. The number of nitriles is 1. The van der Waals surface area contributed by atoms with Crippen molar-refractivity contribution in [2.45, 2.75) is 6.42 Å². The van der Waals surface area contributed by atoms with Gasteiger partial charge in [0.15, 0.2) is 0 Å². The Labute approximate surface area is 95.6 Å². The van der Waals surface area contributed by atoms with Gasteiger partial charge in [-0.25, -0.2) is 0 Å². The number of likely N-dealkylation sites (N-methyl/N-ethyl adjacent to an activating group) is 1. The molecule has 1 aromatic carbocycles. The second-order valence-corrected chi connectivity index (χ2v) is 3.55. The summed E-state index contributed by atoms with van der Waals surface area (Å²) in [4.78, 5) is 13.3. The number of rotatable bonds is 4. The van der Waals surface area contributed by atoms with Gasteiger partial charge in [0.2, 0.25) is 5.91 Å². The normalized spacial score (nSPS) is 9.25. The summed E-state index contributed by atoms with van der Waals surface area (Å²) in [6, 6.07) is 9.09. The summed E-state index contributed by atoms with van der Waals surface area (Å²) in [5.41, 5.74) is 1.52. The molecule has 0 fully saturated rings. The molecule has 0 saturated carbocycles. The van der Waals surface area contributed by atoms with Crippen LogP contribution >= 0.6 is 0 Å². The van der Waals surface area contributed by atoms with Gasteiger partial charge in [0.1, 0.15) is 0 Å². The summed E-state index contributed by atoms with van der Waals surface area (Å²) in [5.74, 6) is 0.0459. The van der Waals surface area contributed by atoms with Gasteiger partial charge in [0.05, 0.1) is 18.1 Å². The van der Waals surface area contributed by atoms with Crippen molar-refractivity contribution < 1.29 is 4.79 Å². The van der Waals surface area contributed by atoms with Crippen LogP contribution in [0.2, 0.25) is 0 Å². The van der Waals surface area contributed by atoms with Crippen molar-refractivity contribution in [2.75, 3.05) is 13.6 Å². The maximum absolute atomic E-state index is 11.7. The van der Waals surface area contributed by atoms with E-state index in [1.807, 2.05) is 6.07 Å². The fraction of sp³-hybridized carbons (Fsp3) is 0.231. The van der Waals surface area contributed by atoms with E-state index in [9.17, 15) is 4.79 Å². The summed E-state index contributed by atoms with van der Waals surface area (Å²) in [6.07, 6.45) is 2.05. The monoisotopic (exact) mass is 214 g/mol. The van der Waals surface area contributed by atoms with Crippen molar-refractivity contribution in [2.24, 2.45) is 0 Å². The van der Waals surface area contributed by atoms with Gasteiger partial charge in [-0.3, -0.25) is 4.79 Å². The first kappa shape index (κ1) is 12.0. The molecule has 0 unspecified atom stereocenters. The number of hydrogen-bond donors (Lipinski definition) is 0. The molecule has 0 heterocycles. The lowest BCUT2D eigenvalue weighted by Gasteiger charge is -2.14. The molecule has 0 saturated heterocycles. The van der Waals surface area contributed by atoms with Gasteiger partial charge in [-0.1, -0.05) is 18.2 Å². The lowest BCUT2D eigenvalue weighted by Crippen LogP contribution is -2.28. The molecule has 0 atom stereocenters. The first-order chi connectivity index (χ1) is 7.67. The summed E-state index contributed by atoms with van der Waals surface area (Å²) in [5, 5.41) is 8.63. The minimum absolute atomic E-state index is 0.0459. The molecule has 0 aliphatic rings. The summed E-state index contributed by atoms with van der Waals surface area (Å²) < 4.78 is 0. The predicted octanol–water partition coefficient (Wildman–Crippen LogP) is 1.75. The molecule has 0 aromatic heterocycles. The Morgan fingerprint density at radius 2 is 2.12 bits per heavy atom. The van der Waals surface area contributed by atoms with Gasteiger partial charge in [0, 0.05) is 13.6 Å². The maximum Gasteiger partial charge on any atom is 0.227 e. The Balaban J connectivity index is 2.63. The quantitative estimate of drug-likeness (QED) is 0.717. The van der Waals surface area contributed by atoms with E-state index in [1.54, 1.807) is 42.3 Å². The molecule has 82 valence electrons. The van der Waals surface area contributed by atoms with Gasteiger partial charge in [-0.15, -0.1) is 6.58 Å². The Morgan fingerprint density at radius 3 is 2.62 bits per heavy atom. The van der Waals surface area contributed by atoms with Crippen molar-refractivity contribution in [3.63, 3.8) is 0 Å². The van der Waals surface area contributed by atoms with Gasteiger partial charge < -0.3 is 4.90 Å². The standard InChI is InChI=1S/C13H14N2O/c1-3-8-15(2)13(16)9-11-4-6-12(10-14)7-5-11/h3-7H,1,8-9H2,2H3. The van der Waals surface area contributed by atoms with E-state index in [2.05, 4.69) is 6.58 Å². The van der Waals surface area contributed by atoms with Crippen LogP contribution in [0, 0.1) is 11.3 Å². The highest BCUT2D eigenvalue weighted by molar-refractivity contribution is 5.78. The van der Waals surface area contributed by atoms with E-state index in [1.165, 1.54) is 0 Å². The summed E-state index contributed by atoms with van der Waals surface area (Å²) in [7, 11) is 1.74. The topological polar surface area (TPSA) is 44.1 Å². The molecule has 1 aromatic rings. The van der Waals surface area contributed by atoms with Crippen LogP contribution in [-0.2, 0) is 11.2 Å². The Hall–Kier alpha value is -2.08. The molecule has 0 radical (unpaired) electrons. The van der Waals surface area contributed by atoms with E-state index < -0.39 is 0 Å². The molecule has 3 heteroatoms. The van der Waals surface area contributed by atoms with E-state index >= 15 is 0 Å². The zero-order chi connectivity index (χ0) is 12.0. The van der Waals surface area contributed by atoms with Crippen LogP contribution in [0.15, 0.2) is 36.9 Å². The highest BCUT2D eigenvalue weighted by Crippen LogP contribution is 2.05. The number of benzene rings is 1. The van der Waals surface area contributed by atoms with E-state index in [4.69, 9.17) is 5.26 Å². The van der Waals surface area contributed by atoms with Crippen LogP contribution in [0.3, 0.4) is 0 Å². The molecule has 3 nitrogen and oxygen atoms in total. The van der Waals surface area contributed by atoms with Crippen molar-refractivity contribution in [3.8, 4) is 6.07 Å². The number of amides is 1. The first-order valence-corrected chi connectivity index (χ1v) is 5.01. The number of carbonyl (C=O) groups is 1. The van der Waals surface area contributed by atoms with Gasteiger partial charge in [-0.05, 0) is 17.7 Å². The lowest BCUT2D eigenvalue weighted by molar-refractivity contribution is -0.128. The van der Waals surface area contributed by atoms with Gasteiger partial charge in [-0.2, -0.15) is 5.26 Å². The number of nitrogens with zero attached hydrogens (tertiary/aromatic N) is 2. The lowest BCUT2D eigenvalue weighted by atomic mass is 10.1. The van der Waals surface area contributed by atoms with Crippen LogP contribution in [-0.4, -0.2) is 24.4 Å². The fourth-order valence-electron chi connectivity index (χ4n) is 1.30. The SMILES string of the molecule is C=CCN(C)C(=O)Cc1ccc(C#N)cc1. The smallest absolute Gasteiger partial charge is 0.227 e. The second kappa shape index (κ2) is 5.72. The molecule has 16 heavy (non-hydrogen) atoms. The van der Waals surface area contributed by atoms with E-state index in [-0.39, 0.29) is 5.91 Å². The molecule has 0 aliphatic heterocycles. The first-order valence-electron chi connectivity index (χ1n) is 5.01. The second-order valence-electron chi connectivity index (χ2n) is 3.55. The van der Waals surface area contributed by atoms with Crippen LogP contribution < -0.4 is 0 Å². The molecule has 0 bridgehead atoms. The summed E-state index contributed by atoms with van der Waals surface area (Å²) >= 11 is 0. The molecule has 0 spiro atoms. The Kier molecular flexibility index (Phi) is 4.28. The zero-order valence-electron chi connectivity index (χ0n) is 9.31. The molecular weight excluding hydrogens is 200 g/mol. The van der Waals surface area contributed by atoms with Crippen molar-refractivity contribution in [1.29, 1.82) is 5.26 Å². The van der Waals surface area contributed by atoms with Crippen LogP contribution in [0.25, 0.3) is 0 Å². The average Bonchev–Trinajstić information content (AvgIpc) is 2.30. The predicted molar refractivity (Wildman–Crippen MR) is 62.7 cm³/mol. The van der Waals surface area contributed by atoms with Gasteiger partial charge >= 0.3 is 0 Å². The minimum Gasteiger partial charge on any atom is -0.342 e. The number of hydrogen-bond acceptors (Lipinski definition) is 2. The van der Waals surface area contributed by atoms with Crippen molar-refractivity contribution in [3.05, 3.63) is 48.0 Å². The molecule has 0 N–H and O–H groups in total. The van der Waals surface area contributed by atoms with Crippen molar-refractivity contribution >= 4 is 5.91 Å². The Bertz CT molecular complexity index is 415. The van der Waals surface area contributed by atoms with Gasteiger partial charge in [0.25, 0.3) is 0 Å². The largest absolute Gasteiger partial charge is 0.342 e. The minimum atomic E-state index is 0.0459. The third kappa shape index (κ3) is 3.25. The van der Waals surface area contributed by atoms with Crippen molar-refractivity contribution in [1.82, 2.24) is 4.90 Å². The molecule has 1 rings (SSSR count). The molecular formula is C13H14N2O. The van der Waals surface area contributed by atoms with Crippen LogP contribution in [0.5, 0.6) is 0 Å². The third-order valence-corrected chi connectivity index (χ3v) is 2.27. The highest BCUT2D eigenvalue weighted by atomic mass is 16.2. The van der Waals surface area contributed by atoms with E-state index in [0.717, 1.165) is 5.56 Å². The van der Waals surface area contributed by atoms with E-state index in [0.29, 0.717) is 18.5 Å². The molecule has 0 aliphatic carbocycles. The van der Waals surface area contributed by atoms with Crippen LogP contribution in [0.4, 0.5) is 0 Å². The maximum atomic E-state index is 11.7. The van der Waals surface area contributed by atoms with Crippen LogP contribution in [0.1, 0.15) is 11.1 Å². The highest BCUT2D eigenvalue weighted by Gasteiger charge is 2.07.